The summed E-state index contributed by atoms with van der Waals surface area (Å²) in [5, 5.41) is 0. The predicted octanol–water partition coefficient (Wildman–Crippen LogP) is 3.92. The van der Waals surface area contributed by atoms with Crippen LogP contribution in [0.1, 0.15) is 67.2 Å². The van der Waals surface area contributed by atoms with Crippen molar-refractivity contribution in [3.05, 3.63) is 0 Å². The Morgan fingerprint density at radius 3 is 1.21 bits per heavy atom. The van der Waals surface area contributed by atoms with Gasteiger partial charge in [-0.1, -0.05) is 27.7 Å². The van der Waals surface area contributed by atoms with Crippen LogP contribution in [0.15, 0.2) is 0 Å². The van der Waals surface area contributed by atoms with E-state index in [1.807, 2.05) is 0 Å². The summed E-state index contributed by atoms with van der Waals surface area (Å²) in [6.07, 6.45) is 1.10. The van der Waals surface area contributed by atoms with E-state index in [9.17, 15) is 14.2 Å². The standard InChI is InChI=1S/C16H30O7P/c1-7-15(8-2,13(17)20-11-5)22-24(19)23-16(9-3,10-4)14(18)21-12-6/h7-12H2,1-6H3/q+1. The second-order valence-electron chi connectivity index (χ2n) is 5.25. The molecule has 0 saturated carbocycles. The van der Waals surface area contributed by atoms with Gasteiger partial charge in [-0.2, -0.15) is 0 Å². The zero-order chi connectivity index (χ0) is 18.8. The van der Waals surface area contributed by atoms with Crippen LogP contribution in [0.5, 0.6) is 0 Å². The van der Waals surface area contributed by atoms with Crippen LogP contribution in [0.4, 0.5) is 0 Å². The quantitative estimate of drug-likeness (QED) is 0.382. The first-order chi connectivity index (χ1) is 11.3. The highest BCUT2D eigenvalue weighted by Crippen LogP contribution is 2.42. The van der Waals surface area contributed by atoms with Crippen LogP contribution in [0, 0.1) is 0 Å². The number of carbonyl (C=O) groups excluding carboxylic acids is 2. The van der Waals surface area contributed by atoms with Gasteiger partial charge in [0.2, 0.25) is 11.2 Å². The van der Waals surface area contributed by atoms with E-state index in [2.05, 4.69) is 0 Å². The van der Waals surface area contributed by atoms with Crippen molar-refractivity contribution in [2.45, 2.75) is 78.4 Å². The average molecular weight is 365 g/mol. The summed E-state index contributed by atoms with van der Waals surface area (Å²) in [4.78, 5) is 24.4. The molecular formula is C16H30O7P+. The van der Waals surface area contributed by atoms with E-state index in [0.717, 1.165) is 0 Å². The molecule has 8 heteroatoms. The molecule has 0 aliphatic rings. The molecule has 0 heterocycles. The summed E-state index contributed by atoms with van der Waals surface area (Å²) in [6.45, 7) is 10.7. The van der Waals surface area contributed by atoms with E-state index in [1.54, 1.807) is 41.5 Å². The van der Waals surface area contributed by atoms with Gasteiger partial charge < -0.3 is 9.47 Å². The third kappa shape index (κ3) is 5.50. The van der Waals surface area contributed by atoms with Gasteiger partial charge in [0.15, 0.2) is 0 Å². The summed E-state index contributed by atoms with van der Waals surface area (Å²) in [6, 6.07) is 0. The van der Waals surface area contributed by atoms with E-state index in [0.29, 0.717) is 0 Å². The molecule has 0 aliphatic heterocycles. The van der Waals surface area contributed by atoms with Crippen LogP contribution >= 0.6 is 8.25 Å². The maximum atomic E-state index is 12.4. The lowest BCUT2D eigenvalue weighted by atomic mass is 9.98. The highest BCUT2D eigenvalue weighted by Gasteiger charge is 2.53. The maximum Gasteiger partial charge on any atom is 0.699 e. The molecule has 0 amide bonds. The molecule has 140 valence electrons. The number of ether oxygens (including phenoxy) is 2. The van der Waals surface area contributed by atoms with Crippen LogP contribution in [-0.4, -0.2) is 36.4 Å². The van der Waals surface area contributed by atoms with E-state index >= 15 is 0 Å². The molecule has 0 aliphatic carbocycles. The van der Waals surface area contributed by atoms with Gasteiger partial charge in [-0.15, -0.1) is 9.05 Å². The van der Waals surface area contributed by atoms with Crippen LogP contribution in [0.2, 0.25) is 0 Å². The van der Waals surface area contributed by atoms with Gasteiger partial charge in [-0.25, -0.2) is 9.59 Å². The van der Waals surface area contributed by atoms with Crippen molar-refractivity contribution in [2.75, 3.05) is 13.2 Å². The average Bonchev–Trinajstić information content (AvgIpc) is 2.58. The minimum Gasteiger partial charge on any atom is -0.464 e. The molecular weight excluding hydrogens is 335 g/mol. The van der Waals surface area contributed by atoms with E-state index in [1.165, 1.54) is 0 Å². The Bertz CT molecular complexity index is 390. The van der Waals surface area contributed by atoms with E-state index in [4.69, 9.17) is 18.5 Å². The molecule has 0 radical (unpaired) electrons. The van der Waals surface area contributed by atoms with Crippen LogP contribution in [0.3, 0.4) is 0 Å². The first kappa shape index (κ1) is 23.0. The third-order valence-corrected chi connectivity index (χ3v) is 5.08. The van der Waals surface area contributed by atoms with Crippen LogP contribution in [-0.2, 0) is 32.7 Å². The molecule has 7 nitrogen and oxygen atoms in total. The van der Waals surface area contributed by atoms with Gasteiger partial charge >= 0.3 is 20.2 Å². The minimum atomic E-state index is -2.72. The lowest BCUT2D eigenvalue weighted by Crippen LogP contribution is -2.43. The number of carbonyl (C=O) groups is 2. The highest BCUT2D eigenvalue weighted by atomic mass is 31.1. The largest absolute Gasteiger partial charge is 0.699 e. The van der Waals surface area contributed by atoms with Gasteiger partial charge in [-0.3, -0.25) is 0 Å². The smallest absolute Gasteiger partial charge is 0.464 e. The summed E-state index contributed by atoms with van der Waals surface area (Å²) in [5.74, 6) is -1.17. The highest BCUT2D eigenvalue weighted by molar-refractivity contribution is 7.33. The topological polar surface area (TPSA) is 88.1 Å². The minimum absolute atomic E-state index is 0.193. The maximum absolute atomic E-state index is 12.4. The number of esters is 2. The molecule has 0 unspecified atom stereocenters. The Morgan fingerprint density at radius 2 is 1.00 bits per heavy atom. The summed E-state index contributed by atoms with van der Waals surface area (Å²) >= 11 is 0. The molecule has 0 aromatic heterocycles. The first-order valence-corrected chi connectivity index (χ1v) is 9.60. The van der Waals surface area contributed by atoms with Crippen LogP contribution < -0.4 is 0 Å². The van der Waals surface area contributed by atoms with Crippen molar-refractivity contribution >= 4 is 20.2 Å². The van der Waals surface area contributed by atoms with Crippen molar-refractivity contribution in [3.8, 4) is 0 Å². The second kappa shape index (κ2) is 10.7. The van der Waals surface area contributed by atoms with Crippen molar-refractivity contribution in [3.63, 3.8) is 0 Å². The molecule has 24 heavy (non-hydrogen) atoms. The van der Waals surface area contributed by atoms with Crippen molar-refractivity contribution < 1.29 is 32.7 Å². The zero-order valence-electron chi connectivity index (χ0n) is 15.5. The fourth-order valence-corrected chi connectivity index (χ4v) is 3.51. The molecule has 0 fully saturated rings. The molecule has 0 aromatic rings. The van der Waals surface area contributed by atoms with Crippen molar-refractivity contribution in [1.29, 1.82) is 0 Å². The Morgan fingerprint density at radius 1 is 0.708 bits per heavy atom. The summed E-state index contributed by atoms with van der Waals surface area (Å²) < 4.78 is 33.3. The molecule has 0 atom stereocenters. The SMILES string of the molecule is CCOC(=O)C(CC)(CC)O[P+](=O)OC(CC)(CC)C(=O)OCC. The number of rotatable bonds is 12. The first-order valence-electron chi connectivity index (χ1n) is 8.51. The van der Waals surface area contributed by atoms with Gasteiger partial charge in [0.25, 0.3) is 0 Å². The lowest BCUT2D eigenvalue weighted by molar-refractivity contribution is -0.167. The fraction of sp³-hybridized carbons (Fsp3) is 0.875. The second-order valence-corrected chi connectivity index (χ2v) is 6.06. The zero-order valence-corrected chi connectivity index (χ0v) is 16.4. The fourth-order valence-electron chi connectivity index (χ4n) is 2.24. The monoisotopic (exact) mass is 365 g/mol. The molecule has 0 spiro atoms. The van der Waals surface area contributed by atoms with Gasteiger partial charge in [-0.05, 0) is 39.5 Å². The van der Waals surface area contributed by atoms with E-state index < -0.39 is 31.4 Å². The van der Waals surface area contributed by atoms with Crippen LogP contribution in [0.25, 0.3) is 0 Å². The van der Waals surface area contributed by atoms with Crippen molar-refractivity contribution in [1.82, 2.24) is 0 Å². The predicted molar refractivity (Wildman–Crippen MR) is 89.7 cm³/mol. The molecule has 0 rings (SSSR count). The van der Waals surface area contributed by atoms with Gasteiger partial charge in [0.05, 0.1) is 13.2 Å². The Hall–Kier alpha value is -1.04. The Balaban J connectivity index is 5.30. The molecule has 0 N–H and O–H groups in total. The van der Waals surface area contributed by atoms with E-state index in [-0.39, 0.29) is 38.9 Å². The van der Waals surface area contributed by atoms with Gasteiger partial charge in [0, 0.05) is 4.57 Å². The summed E-state index contributed by atoms with van der Waals surface area (Å²) in [7, 11) is -2.72. The molecule has 0 saturated heterocycles. The lowest BCUT2D eigenvalue weighted by Gasteiger charge is -2.25. The Kier molecular flexibility index (Phi) is 10.3. The number of hydrogen-bond donors (Lipinski definition) is 0. The third-order valence-electron chi connectivity index (χ3n) is 4.08. The summed E-state index contributed by atoms with van der Waals surface area (Å²) in [5.41, 5.74) is -2.71. The molecule has 0 bridgehead atoms. The Labute approximate surface area is 145 Å². The normalized spacial score (nSPS) is 11.9. The van der Waals surface area contributed by atoms with Gasteiger partial charge in [0.1, 0.15) is 0 Å². The number of hydrogen-bond acceptors (Lipinski definition) is 7. The van der Waals surface area contributed by atoms with Crippen molar-refractivity contribution in [2.24, 2.45) is 0 Å². The molecule has 0 aromatic carbocycles.